The van der Waals surface area contributed by atoms with Crippen LogP contribution in [0.4, 0.5) is 5.82 Å². The van der Waals surface area contributed by atoms with Gasteiger partial charge in [-0.15, -0.1) is 10.2 Å². The fraction of sp³-hybridized carbons (Fsp3) is 0.0800. The van der Waals surface area contributed by atoms with Crippen LogP contribution >= 0.6 is 11.8 Å². The van der Waals surface area contributed by atoms with Gasteiger partial charge in [-0.05, 0) is 43.3 Å². The Bertz CT molecular complexity index is 1760. The topological polar surface area (TPSA) is 104 Å². The van der Waals surface area contributed by atoms with E-state index in [1.807, 2.05) is 84.1 Å². The van der Waals surface area contributed by atoms with E-state index in [-0.39, 0.29) is 5.56 Å². The van der Waals surface area contributed by atoms with Crippen molar-refractivity contribution in [1.29, 1.82) is 0 Å². The number of aromatic nitrogens is 6. The third-order valence-corrected chi connectivity index (χ3v) is 6.62. The van der Waals surface area contributed by atoms with Crippen LogP contribution in [0, 0.1) is 6.92 Å². The molecule has 6 rings (SSSR count). The summed E-state index contributed by atoms with van der Waals surface area (Å²) in [5.74, 6) is 1.96. The lowest BCUT2D eigenvalue weighted by atomic mass is 10.2. The van der Waals surface area contributed by atoms with Gasteiger partial charge in [0.15, 0.2) is 5.16 Å². The second-order valence-corrected chi connectivity index (χ2v) is 8.88. The Morgan fingerprint density at radius 1 is 0.882 bits per heavy atom. The Morgan fingerprint density at radius 2 is 1.62 bits per heavy atom. The van der Waals surface area contributed by atoms with E-state index in [0.29, 0.717) is 33.7 Å². The van der Waals surface area contributed by atoms with E-state index in [2.05, 4.69) is 20.2 Å². The quantitative estimate of drug-likeness (QED) is 0.390. The number of nitrogens with zero attached hydrogens (tertiary/aromatic N) is 6. The molecule has 0 saturated heterocycles. The van der Waals surface area contributed by atoms with Crippen LogP contribution in [0.1, 0.15) is 11.4 Å². The van der Waals surface area contributed by atoms with Crippen molar-refractivity contribution in [3.63, 3.8) is 0 Å². The van der Waals surface area contributed by atoms with Gasteiger partial charge in [-0.25, -0.2) is 14.5 Å². The van der Waals surface area contributed by atoms with Gasteiger partial charge in [0.25, 0.3) is 5.56 Å². The Labute approximate surface area is 198 Å². The zero-order valence-electron chi connectivity index (χ0n) is 18.2. The summed E-state index contributed by atoms with van der Waals surface area (Å²) < 4.78 is 3.51. The second-order valence-electron chi connectivity index (χ2n) is 7.94. The molecule has 9 heteroatoms. The zero-order valence-corrected chi connectivity index (χ0v) is 19.0. The van der Waals surface area contributed by atoms with Gasteiger partial charge in [0.2, 0.25) is 5.78 Å². The van der Waals surface area contributed by atoms with Crippen LogP contribution in [-0.2, 0) is 5.75 Å². The Hall–Kier alpha value is -4.24. The van der Waals surface area contributed by atoms with Gasteiger partial charge < -0.3 is 5.73 Å². The van der Waals surface area contributed by atoms with Gasteiger partial charge in [0.1, 0.15) is 11.6 Å². The summed E-state index contributed by atoms with van der Waals surface area (Å²) in [6.45, 7) is 2.01. The summed E-state index contributed by atoms with van der Waals surface area (Å²) in [5, 5.41) is 10.9. The van der Waals surface area contributed by atoms with Gasteiger partial charge in [0, 0.05) is 5.39 Å². The van der Waals surface area contributed by atoms with Crippen LogP contribution in [-0.4, -0.2) is 29.1 Å². The van der Waals surface area contributed by atoms with Gasteiger partial charge in [-0.1, -0.05) is 53.7 Å². The molecule has 0 aliphatic carbocycles. The molecule has 0 aliphatic rings. The number of anilines is 1. The summed E-state index contributed by atoms with van der Waals surface area (Å²) in [5.41, 5.74) is 9.41. The van der Waals surface area contributed by atoms with Gasteiger partial charge in [-0.3, -0.25) is 9.20 Å². The molecule has 0 aliphatic heterocycles. The third-order valence-electron chi connectivity index (χ3n) is 5.70. The van der Waals surface area contributed by atoms with Crippen LogP contribution in [0.3, 0.4) is 0 Å². The number of thioether (sulfide) groups is 1. The number of nitrogens with two attached hydrogens (primary N) is 1. The molecule has 6 aromatic rings. The minimum atomic E-state index is -0.137. The van der Waals surface area contributed by atoms with Crippen molar-refractivity contribution in [2.75, 3.05) is 5.73 Å². The number of fused-ring (bicyclic) bond motifs is 4. The zero-order chi connectivity index (χ0) is 23.2. The lowest BCUT2D eigenvalue weighted by Gasteiger charge is -2.11. The number of aryl methyl sites for hydroxylation is 1. The molecule has 8 nitrogen and oxygen atoms in total. The van der Waals surface area contributed by atoms with Crippen molar-refractivity contribution in [3.05, 3.63) is 94.5 Å². The van der Waals surface area contributed by atoms with Crippen LogP contribution in [0.15, 0.2) is 82.7 Å². The highest BCUT2D eigenvalue weighted by Gasteiger charge is 2.18. The molecule has 0 saturated carbocycles. The largest absolute Gasteiger partial charge is 0.383 e. The highest BCUT2D eigenvalue weighted by atomic mass is 32.2. The van der Waals surface area contributed by atoms with Crippen LogP contribution in [0.5, 0.6) is 0 Å². The van der Waals surface area contributed by atoms with Gasteiger partial charge in [-0.2, -0.15) is 0 Å². The molecule has 0 radical (unpaired) electrons. The molecule has 166 valence electrons. The molecule has 0 spiro atoms. The van der Waals surface area contributed by atoms with Crippen molar-refractivity contribution in [1.82, 2.24) is 29.1 Å². The molecule has 3 aromatic heterocycles. The van der Waals surface area contributed by atoms with Crippen molar-refractivity contribution in [2.24, 2.45) is 0 Å². The summed E-state index contributed by atoms with van der Waals surface area (Å²) in [6, 6.07) is 22.9. The fourth-order valence-corrected chi connectivity index (χ4v) is 4.84. The first-order chi connectivity index (χ1) is 16.6. The molecule has 0 atom stereocenters. The summed E-state index contributed by atoms with van der Waals surface area (Å²) in [7, 11) is 0. The van der Waals surface area contributed by atoms with E-state index in [9.17, 15) is 4.79 Å². The molecule has 0 unspecified atom stereocenters. The molecule has 0 fully saturated rings. The molecule has 3 aromatic carbocycles. The summed E-state index contributed by atoms with van der Waals surface area (Å²) in [4.78, 5) is 22.5. The first-order valence-electron chi connectivity index (χ1n) is 10.7. The first-order valence-corrected chi connectivity index (χ1v) is 11.7. The van der Waals surface area contributed by atoms with Gasteiger partial charge >= 0.3 is 0 Å². The normalized spacial score (nSPS) is 11.6. The average Bonchev–Trinajstić information content (AvgIpc) is 3.28. The molecule has 0 amide bonds. The number of para-hydroxylation sites is 2. The SMILES string of the molecule is Cc1ccc(-n2c(=O)c3ccccc3n3c(SCc4nc(N)c5ccccc5n4)nnc23)cc1. The van der Waals surface area contributed by atoms with E-state index in [1.54, 1.807) is 4.57 Å². The van der Waals surface area contributed by atoms with Crippen LogP contribution < -0.4 is 11.3 Å². The standard InChI is InChI=1S/C25H19N7OS/c1-15-10-12-16(13-11-15)31-23(33)18-7-3-5-9-20(18)32-24(31)29-30-25(32)34-14-21-27-19-8-4-2-6-17(19)22(26)28-21/h2-13H,14H2,1H3,(H2,26,27,28). The molecular weight excluding hydrogens is 446 g/mol. The van der Waals surface area contributed by atoms with Crippen LogP contribution in [0.2, 0.25) is 0 Å². The van der Waals surface area contributed by atoms with Crippen LogP contribution in [0.25, 0.3) is 33.3 Å². The van der Waals surface area contributed by atoms with E-state index >= 15 is 0 Å². The van der Waals surface area contributed by atoms with E-state index in [0.717, 1.165) is 27.7 Å². The lowest BCUT2D eigenvalue weighted by Crippen LogP contribution is -2.21. The number of benzene rings is 3. The Morgan fingerprint density at radius 3 is 2.44 bits per heavy atom. The predicted octanol–water partition coefficient (Wildman–Crippen LogP) is 4.16. The predicted molar refractivity (Wildman–Crippen MR) is 134 cm³/mol. The summed E-state index contributed by atoms with van der Waals surface area (Å²) >= 11 is 1.45. The molecule has 3 heterocycles. The average molecular weight is 466 g/mol. The number of hydrogen-bond donors (Lipinski definition) is 1. The molecular formula is C25H19N7OS. The minimum absolute atomic E-state index is 0.137. The maximum atomic E-state index is 13.4. The highest BCUT2D eigenvalue weighted by Crippen LogP contribution is 2.26. The number of hydrogen-bond acceptors (Lipinski definition) is 7. The molecule has 2 N–H and O–H groups in total. The smallest absolute Gasteiger partial charge is 0.267 e. The third kappa shape index (κ3) is 3.29. The van der Waals surface area contributed by atoms with Crippen molar-refractivity contribution in [3.8, 4) is 5.69 Å². The van der Waals surface area contributed by atoms with Gasteiger partial charge in [0.05, 0.1) is 27.9 Å². The van der Waals surface area contributed by atoms with E-state index in [1.165, 1.54) is 11.8 Å². The second kappa shape index (κ2) is 7.96. The number of rotatable bonds is 4. The molecule has 0 bridgehead atoms. The Balaban J connectivity index is 1.49. The summed E-state index contributed by atoms with van der Waals surface area (Å²) in [6.07, 6.45) is 0. The van der Waals surface area contributed by atoms with Crippen molar-refractivity contribution >= 4 is 45.2 Å². The monoisotopic (exact) mass is 465 g/mol. The number of nitrogen functional groups attached to an aromatic ring is 1. The maximum Gasteiger partial charge on any atom is 0.267 e. The maximum absolute atomic E-state index is 13.4. The van der Waals surface area contributed by atoms with E-state index < -0.39 is 0 Å². The highest BCUT2D eigenvalue weighted by molar-refractivity contribution is 7.98. The van der Waals surface area contributed by atoms with E-state index in [4.69, 9.17) is 5.73 Å². The van der Waals surface area contributed by atoms with Crippen molar-refractivity contribution < 1.29 is 0 Å². The Kier molecular flexibility index (Phi) is 4.77. The lowest BCUT2D eigenvalue weighted by molar-refractivity contribution is 0.927. The minimum Gasteiger partial charge on any atom is -0.383 e. The fourth-order valence-electron chi connectivity index (χ4n) is 4.04. The molecule has 34 heavy (non-hydrogen) atoms. The first kappa shape index (κ1) is 20.4. The van der Waals surface area contributed by atoms with Crippen molar-refractivity contribution in [2.45, 2.75) is 17.8 Å².